The topological polar surface area (TPSA) is 60.0 Å². The third-order valence-corrected chi connectivity index (χ3v) is 1.77. The molecular formula is C6H12N2O2. The molecule has 10 heavy (non-hydrogen) atoms. The number of nitrogens with two attached hydrogens (primary N) is 1. The van der Waals surface area contributed by atoms with E-state index in [0.29, 0.717) is 6.54 Å². The van der Waals surface area contributed by atoms with Gasteiger partial charge in [0.2, 0.25) is 0 Å². The number of aliphatic carboxylic acids is 1. The van der Waals surface area contributed by atoms with Crippen LogP contribution in [0.25, 0.3) is 0 Å². The monoisotopic (exact) mass is 144 g/mol. The van der Waals surface area contributed by atoms with E-state index in [2.05, 4.69) is 0 Å². The first-order valence-electron chi connectivity index (χ1n) is 3.43. The van der Waals surface area contributed by atoms with Crippen LogP contribution in [0.15, 0.2) is 0 Å². The van der Waals surface area contributed by atoms with Gasteiger partial charge in [0.05, 0.1) is 13.1 Å². The highest BCUT2D eigenvalue weighted by molar-refractivity contribution is 5.69. The minimum absolute atomic E-state index is 0.362. The molecule has 0 radical (unpaired) electrons. The van der Waals surface area contributed by atoms with Crippen molar-refractivity contribution >= 4 is 5.97 Å². The van der Waals surface area contributed by atoms with Gasteiger partial charge in [-0.1, -0.05) is 0 Å². The highest BCUT2D eigenvalue weighted by Crippen LogP contribution is 1.86. The van der Waals surface area contributed by atoms with Crippen LogP contribution in [0.4, 0.5) is 0 Å². The van der Waals surface area contributed by atoms with E-state index < -0.39 is 5.97 Å². The molecule has 58 valence electrons. The van der Waals surface area contributed by atoms with E-state index in [1.807, 2.05) is 17.3 Å². The van der Waals surface area contributed by atoms with Gasteiger partial charge in [0, 0.05) is 6.54 Å². The molecule has 1 atom stereocenters. The van der Waals surface area contributed by atoms with E-state index in [1.165, 1.54) is 0 Å². The largest absolute Gasteiger partial charge is 0.544 e. The van der Waals surface area contributed by atoms with Gasteiger partial charge < -0.3 is 15.2 Å². The van der Waals surface area contributed by atoms with Crippen LogP contribution >= 0.6 is 0 Å². The molecule has 0 saturated carbocycles. The first-order chi connectivity index (χ1) is 4.70. The molecule has 0 unspecified atom stereocenters. The van der Waals surface area contributed by atoms with Crippen molar-refractivity contribution in [3.63, 3.8) is 0 Å². The summed E-state index contributed by atoms with van der Waals surface area (Å²) in [4.78, 5) is 12.3. The molecule has 0 aromatic rings. The summed E-state index contributed by atoms with van der Waals surface area (Å²) in [7, 11) is 1.92. The highest BCUT2D eigenvalue weighted by Gasteiger charge is 2.20. The van der Waals surface area contributed by atoms with E-state index >= 15 is 0 Å². The van der Waals surface area contributed by atoms with Crippen LogP contribution in [0.3, 0.4) is 0 Å². The number of rotatable bonds is 1. The number of hydrogen-bond acceptors (Lipinski definition) is 3. The zero-order valence-corrected chi connectivity index (χ0v) is 6.04. The summed E-state index contributed by atoms with van der Waals surface area (Å²) < 4.78 is 0. The number of carbonyl (C=O) groups excluding carboxylic acids is 1. The van der Waals surface area contributed by atoms with Crippen LogP contribution in [-0.2, 0) is 4.79 Å². The van der Waals surface area contributed by atoms with E-state index in [0.717, 1.165) is 13.1 Å². The maximum Gasteiger partial charge on any atom is 0.139 e. The molecule has 4 heteroatoms. The maximum atomic E-state index is 10.3. The predicted octanol–water partition coefficient (Wildman–Crippen LogP) is -3.39. The van der Waals surface area contributed by atoms with Crippen LogP contribution in [0.1, 0.15) is 0 Å². The molecule has 0 aliphatic carbocycles. The standard InChI is InChI=1S/C6H12N2O2/c1-8-3-2-7-5(4-8)6(9)10/h5,7H,2-4H2,1H3,(H,9,10)/t5-/m0/s1. The van der Waals surface area contributed by atoms with Crippen molar-refractivity contribution in [2.24, 2.45) is 0 Å². The van der Waals surface area contributed by atoms with Crippen molar-refractivity contribution in [3.05, 3.63) is 0 Å². The quantitative estimate of drug-likeness (QED) is 0.417. The average molecular weight is 144 g/mol. The summed E-state index contributed by atoms with van der Waals surface area (Å²) in [6.45, 7) is 2.42. The number of nitrogens with zero attached hydrogens (tertiary/aromatic N) is 1. The molecule has 1 heterocycles. The van der Waals surface area contributed by atoms with Gasteiger partial charge in [-0.25, -0.2) is 0 Å². The number of carbonyl (C=O) groups is 1. The Morgan fingerprint density at radius 1 is 1.80 bits per heavy atom. The summed E-state index contributed by atoms with van der Waals surface area (Å²) >= 11 is 0. The second kappa shape index (κ2) is 2.98. The minimum Gasteiger partial charge on any atom is -0.544 e. The first-order valence-corrected chi connectivity index (χ1v) is 3.43. The van der Waals surface area contributed by atoms with Crippen molar-refractivity contribution in [2.45, 2.75) is 6.04 Å². The molecule has 0 aromatic heterocycles. The normalized spacial score (nSPS) is 28.3. The lowest BCUT2D eigenvalue weighted by atomic mass is 10.2. The molecule has 0 amide bonds. The lowest BCUT2D eigenvalue weighted by molar-refractivity contribution is -0.691. The Balaban J connectivity index is 2.39. The summed E-state index contributed by atoms with van der Waals surface area (Å²) in [6.07, 6.45) is 0. The van der Waals surface area contributed by atoms with Crippen molar-refractivity contribution in [3.8, 4) is 0 Å². The fraction of sp³-hybridized carbons (Fsp3) is 0.833. The highest BCUT2D eigenvalue weighted by atomic mass is 16.4. The van der Waals surface area contributed by atoms with E-state index in [1.54, 1.807) is 0 Å². The zero-order chi connectivity index (χ0) is 7.56. The molecule has 0 spiro atoms. The Morgan fingerprint density at radius 2 is 2.50 bits per heavy atom. The molecule has 0 aromatic carbocycles. The molecule has 1 aliphatic rings. The Hall–Kier alpha value is -0.610. The fourth-order valence-corrected chi connectivity index (χ4v) is 1.17. The first kappa shape index (κ1) is 7.50. The Morgan fingerprint density at radius 3 is 2.90 bits per heavy atom. The SMILES string of the molecule is CN1CC[NH2+][C@H](C(=O)[O-])C1. The molecule has 1 saturated heterocycles. The van der Waals surface area contributed by atoms with Crippen LogP contribution in [0.5, 0.6) is 0 Å². The van der Waals surface area contributed by atoms with Crippen molar-refractivity contribution in [2.75, 3.05) is 26.7 Å². The van der Waals surface area contributed by atoms with Gasteiger partial charge in [0.1, 0.15) is 12.0 Å². The van der Waals surface area contributed by atoms with Crippen LogP contribution < -0.4 is 10.4 Å². The third-order valence-electron chi connectivity index (χ3n) is 1.77. The maximum absolute atomic E-state index is 10.3. The number of carboxylic acid groups (broad SMARTS) is 1. The predicted molar refractivity (Wildman–Crippen MR) is 33.1 cm³/mol. The molecular weight excluding hydrogens is 132 g/mol. The average Bonchev–Trinajstić information content (AvgIpc) is 1.88. The third kappa shape index (κ3) is 1.68. The molecule has 1 rings (SSSR count). The molecule has 1 aliphatic heterocycles. The number of piperazine rings is 1. The minimum atomic E-state index is -0.952. The Labute approximate surface area is 59.8 Å². The van der Waals surface area contributed by atoms with Crippen LogP contribution in [0.2, 0.25) is 0 Å². The lowest BCUT2D eigenvalue weighted by Gasteiger charge is -2.28. The van der Waals surface area contributed by atoms with E-state index in [9.17, 15) is 9.90 Å². The van der Waals surface area contributed by atoms with Gasteiger partial charge in [-0.15, -0.1) is 0 Å². The lowest BCUT2D eigenvalue weighted by Crippen LogP contribution is -2.97. The van der Waals surface area contributed by atoms with Gasteiger partial charge in [-0.2, -0.15) is 0 Å². The summed E-state index contributed by atoms with van der Waals surface area (Å²) in [5.41, 5.74) is 0. The van der Waals surface area contributed by atoms with Crippen molar-refractivity contribution in [1.29, 1.82) is 0 Å². The zero-order valence-electron chi connectivity index (χ0n) is 6.04. The summed E-state index contributed by atoms with van der Waals surface area (Å²) in [5.74, 6) is -0.952. The van der Waals surface area contributed by atoms with Gasteiger partial charge in [0.25, 0.3) is 0 Å². The number of likely N-dealkylation sites (N-methyl/N-ethyl adjacent to an activating group) is 1. The smallest absolute Gasteiger partial charge is 0.139 e. The van der Waals surface area contributed by atoms with E-state index in [-0.39, 0.29) is 6.04 Å². The van der Waals surface area contributed by atoms with Crippen LogP contribution in [0, 0.1) is 0 Å². The number of quaternary nitrogens is 1. The van der Waals surface area contributed by atoms with E-state index in [4.69, 9.17) is 0 Å². The molecule has 2 N–H and O–H groups in total. The van der Waals surface area contributed by atoms with Crippen molar-refractivity contribution in [1.82, 2.24) is 4.90 Å². The van der Waals surface area contributed by atoms with Crippen molar-refractivity contribution < 1.29 is 15.2 Å². The number of hydrogen-bond donors (Lipinski definition) is 1. The molecule has 4 nitrogen and oxygen atoms in total. The van der Waals surface area contributed by atoms with Gasteiger partial charge in [-0.3, -0.25) is 4.90 Å². The Kier molecular flexibility index (Phi) is 2.24. The second-order valence-corrected chi connectivity index (χ2v) is 2.71. The Bertz CT molecular complexity index is 138. The number of carboxylic acids is 1. The molecule has 0 bridgehead atoms. The summed E-state index contributed by atoms with van der Waals surface area (Å²) in [6, 6.07) is -0.362. The van der Waals surface area contributed by atoms with Gasteiger partial charge in [0.15, 0.2) is 0 Å². The van der Waals surface area contributed by atoms with Crippen LogP contribution in [-0.4, -0.2) is 43.6 Å². The van der Waals surface area contributed by atoms with Gasteiger partial charge >= 0.3 is 0 Å². The molecule has 1 fully saturated rings. The second-order valence-electron chi connectivity index (χ2n) is 2.71. The fourth-order valence-electron chi connectivity index (χ4n) is 1.17. The van der Waals surface area contributed by atoms with Gasteiger partial charge in [-0.05, 0) is 7.05 Å². The summed E-state index contributed by atoms with van der Waals surface area (Å²) in [5, 5.41) is 12.1.